The van der Waals surface area contributed by atoms with Crippen molar-refractivity contribution in [2.24, 2.45) is 5.92 Å². The average Bonchev–Trinajstić information content (AvgIpc) is 2.96. The number of alkyl halides is 1. The molecule has 0 radical (unpaired) electrons. The van der Waals surface area contributed by atoms with Gasteiger partial charge in [0.2, 0.25) is 5.89 Å². The highest BCUT2D eigenvalue weighted by molar-refractivity contribution is 6.17. The van der Waals surface area contributed by atoms with Gasteiger partial charge in [-0.15, -0.1) is 16.7 Å². The maximum absolute atomic E-state index is 5.64. The fraction of sp³-hybridized carbons (Fsp3) is 0.667. The summed E-state index contributed by atoms with van der Waals surface area (Å²) in [6.07, 6.45) is 4.45. The van der Waals surface area contributed by atoms with Crippen molar-refractivity contribution < 1.29 is 4.52 Å². The van der Waals surface area contributed by atoms with E-state index in [9.17, 15) is 0 Å². The Morgan fingerprint density at radius 3 is 3.00 bits per heavy atom. The van der Waals surface area contributed by atoms with Gasteiger partial charge in [-0.25, -0.2) is 4.68 Å². The minimum absolute atomic E-state index is 0.457. The lowest BCUT2D eigenvalue weighted by Crippen LogP contribution is -2.01. The smallest absolute Gasteiger partial charge is 0.248 e. The molecule has 0 saturated carbocycles. The minimum Gasteiger partial charge on any atom is -0.337 e. The van der Waals surface area contributed by atoms with E-state index in [1.807, 2.05) is 6.20 Å². The zero-order chi connectivity index (χ0) is 13.7. The first-order valence-corrected chi connectivity index (χ1v) is 6.97. The molecule has 0 N–H and O–H groups in total. The van der Waals surface area contributed by atoms with Gasteiger partial charge in [0, 0.05) is 18.5 Å². The highest BCUT2D eigenvalue weighted by Gasteiger charge is 2.09. The Morgan fingerprint density at radius 1 is 1.42 bits per heavy atom. The summed E-state index contributed by atoms with van der Waals surface area (Å²) in [7, 11) is 0. The fourth-order valence-corrected chi connectivity index (χ4v) is 1.85. The van der Waals surface area contributed by atoms with E-state index in [0.717, 1.165) is 30.8 Å². The summed E-state index contributed by atoms with van der Waals surface area (Å²) >= 11 is 5.64. The van der Waals surface area contributed by atoms with E-state index in [2.05, 4.69) is 34.3 Å². The third kappa shape index (κ3) is 4.31. The maximum Gasteiger partial charge on any atom is 0.248 e. The van der Waals surface area contributed by atoms with E-state index in [-0.39, 0.29) is 0 Å². The molecular formula is C12H18ClN5O. The first-order chi connectivity index (χ1) is 9.17. The van der Waals surface area contributed by atoms with E-state index < -0.39 is 0 Å². The van der Waals surface area contributed by atoms with Crippen molar-refractivity contribution in [1.29, 1.82) is 0 Å². The summed E-state index contributed by atoms with van der Waals surface area (Å²) in [5, 5.41) is 12.0. The molecule has 2 rings (SSSR count). The van der Waals surface area contributed by atoms with Gasteiger partial charge in [-0.3, -0.25) is 0 Å². The first-order valence-electron chi connectivity index (χ1n) is 6.44. The van der Waals surface area contributed by atoms with Crippen LogP contribution in [0.15, 0.2) is 10.7 Å². The Balaban J connectivity index is 1.93. The predicted molar refractivity (Wildman–Crippen MR) is 71.0 cm³/mol. The second kappa shape index (κ2) is 6.65. The van der Waals surface area contributed by atoms with Gasteiger partial charge in [-0.2, -0.15) is 4.98 Å². The third-order valence-corrected chi connectivity index (χ3v) is 2.82. The molecule has 0 aliphatic rings. The lowest BCUT2D eigenvalue weighted by Gasteiger charge is -1.96. The Hall–Kier alpha value is -1.43. The van der Waals surface area contributed by atoms with Crippen molar-refractivity contribution in [3.63, 3.8) is 0 Å². The number of hydrogen-bond donors (Lipinski definition) is 0. The van der Waals surface area contributed by atoms with Crippen LogP contribution >= 0.6 is 11.6 Å². The summed E-state index contributed by atoms with van der Waals surface area (Å²) < 4.78 is 6.89. The summed E-state index contributed by atoms with van der Waals surface area (Å²) in [6.45, 7) is 4.70. The zero-order valence-electron chi connectivity index (χ0n) is 11.2. The van der Waals surface area contributed by atoms with Crippen LogP contribution in [0.25, 0.3) is 0 Å². The van der Waals surface area contributed by atoms with Crippen LogP contribution in [0, 0.1) is 5.92 Å². The van der Waals surface area contributed by atoms with Gasteiger partial charge in [0.25, 0.3) is 0 Å². The molecule has 0 aliphatic carbocycles. The van der Waals surface area contributed by atoms with Gasteiger partial charge in [0.15, 0.2) is 5.82 Å². The highest BCUT2D eigenvalue weighted by atomic mass is 35.5. The molecule has 0 aliphatic heterocycles. The zero-order valence-corrected chi connectivity index (χ0v) is 12.0. The Morgan fingerprint density at radius 2 is 2.26 bits per heavy atom. The van der Waals surface area contributed by atoms with Crippen molar-refractivity contribution in [3.05, 3.63) is 23.6 Å². The number of rotatable bonds is 7. The van der Waals surface area contributed by atoms with Crippen LogP contribution in [0.1, 0.15) is 37.7 Å². The summed E-state index contributed by atoms with van der Waals surface area (Å²) in [5.41, 5.74) is 0.933. The molecule has 2 heterocycles. The summed E-state index contributed by atoms with van der Waals surface area (Å²) in [5.74, 6) is 2.45. The number of hydrogen-bond acceptors (Lipinski definition) is 5. The molecule has 104 valence electrons. The molecule has 6 nitrogen and oxygen atoms in total. The topological polar surface area (TPSA) is 69.6 Å². The molecule has 0 aromatic carbocycles. The van der Waals surface area contributed by atoms with Crippen molar-refractivity contribution >= 4 is 11.6 Å². The quantitative estimate of drug-likeness (QED) is 0.728. The maximum atomic E-state index is 5.64. The summed E-state index contributed by atoms with van der Waals surface area (Å²) in [4.78, 5) is 4.33. The Kier molecular flexibility index (Phi) is 4.90. The summed E-state index contributed by atoms with van der Waals surface area (Å²) in [6, 6.07) is 0. The lowest BCUT2D eigenvalue weighted by molar-refractivity contribution is 0.358. The van der Waals surface area contributed by atoms with Gasteiger partial charge in [0.1, 0.15) is 6.54 Å². The van der Waals surface area contributed by atoms with Crippen LogP contribution in [-0.4, -0.2) is 31.0 Å². The van der Waals surface area contributed by atoms with Gasteiger partial charge in [-0.1, -0.05) is 24.2 Å². The SMILES string of the molecule is CC(C)Cc1noc(Cn2cc(CCCCl)nn2)n1. The van der Waals surface area contributed by atoms with Gasteiger partial charge >= 0.3 is 0 Å². The molecule has 19 heavy (non-hydrogen) atoms. The van der Waals surface area contributed by atoms with E-state index in [1.54, 1.807) is 4.68 Å². The molecular weight excluding hydrogens is 266 g/mol. The average molecular weight is 284 g/mol. The Labute approximate surface area is 117 Å². The number of aromatic nitrogens is 5. The molecule has 0 bridgehead atoms. The second-order valence-corrected chi connectivity index (χ2v) is 5.28. The number of aryl methyl sites for hydroxylation is 1. The first kappa shape index (κ1) is 14.0. The molecule has 0 atom stereocenters. The number of halogens is 1. The van der Waals surface area contributed by atoms with Crippen molar-refractivity contribution in [2.75, 3.05) is 5.88 Å². The monoisotopic (exact) mass is 283 g/mol. The van der Waals surface area contributed by atoms with Crippen molar-refractivity contribution in [1.82, 2.24) is 25.1 Å². The van der Waals surface area contributed by atoms with Crippen LogP contribution in [-0.2, 0) is 19.4 Å². The molecule has 0 amide bonds. The van der Waals surface area contributed by atoms with Crippen molar-refractivity contribution in [3.8, 4) is 0 Å². The predicted octanol–water partition coefficient (Wildman–Crippen LogP) is 2.08. The van der Waals surface area contributed by atoms with Crippen LogP contribution in [0.5, 0.6) is 0 Å². The molecule has 0 unspecified atom stereocenters. The molecule has 0 saturated heterocycles. The Bertz CT molecular complexity index is 508. The largest absolute Gasteiger partial charge is 0.337 e. The van der Waals surface area contributed by atoms with E-state index >= 15 is 0 Å². The van der Waals surface area contributed by atoms with Crippen LogP contribution < -0.4 is 0 Å². The molecule has 0 fully saturated rings. The van der Waals surface area contributed by atoms with Crippen LogP contribution in [0.3, 0.4) is 0 Å². The van der Waals surface area contributed by atoms with Crippen LogP contribution in [0.4, 0.5) is 0 Å². The molecule has 2 aromatic rings. The normalized spacial score (nSPS) is 11.4. The standard InChI is InChI=1S/C12H18ClN5O/c1-9(2)6-11-14-12(19-16-11)8-18-7-10(15-17-18)4-3-5-13/h7,9H,3-6,8H2,1-2H3. The van der Waals surface area contributed by atoms with E-state index in [4.69, 9.17) is 16.1 Å². The molecule has 7 heteroatoms. The van der Waals surface area contributed by atoms with E-state index in [0.29, 0.717) is 24.2 Å². The molecule has 2 aromatic heterocycles. The lowest BCUT2D eigenvalue weighted by atomic mass is 10.1. The van der Waals surface area contributed by atoms with Gasteiger partial charge in [0.05, 0.1) is 5.69 Å². The highest BCUT2D eigenvalue weighted by Crippen LogP contribution is 2.06. The van der Waals surface area contributed by atoms with Crippen LogP contribution in [0.2, 0.25) is 0 Å². The fourth-order valence-electron chi connectivity index (χ4n) is 1.72. The number of nitrogens with zero attached hydrogens (tertiary/aromatic N) is 5. The third-order valence-electron chi connectivity index (χ3n) is 2.55. The molecule has 0 spiro atoms. The van der Waals surface area contributed by atoms with Gasteiger partial charge < -0.3 is 4.52 Å². The minimum atomic E-state index is 0.457. The second-order valence-electron chi connectivity index (χ2n) is 4.90. The van der Waals surface area contributed by atoms with Crippen molar-refractivity contribution in [2.45, 2.75) is 39.7 Å². The van der Waals surface area contributed by atoms with E-state index in [1.165, 1.54) is 0 Å². The van der Waals surface area contributed by atoms with Gasteiger partial charge in [-0.05, 0) is 18.8 Å².